The molecule has 0 heterocycles. The Bertz CT molecular complexity index is 8.36. The Labute approximate surface area is 84.4 Å². The van der Waals surface area contributed by atoms with Crippen molar-refractivity contribution in [1.29, 1.82) is 0 Å². The van der Waals surface area contributed by atoms with Gasteiger partial charge in [0.1, 0.15) is 0 Å². The van der Waals surface area contributed by atoms with Crippen LogP contribution in [0, 0.1) is 0 Å². The van der Waals surface area contributed by atoms with E-state index in [-0.39, 0.29) is 24.0 Å². The topological polar surface area (TPSA) is 0 Å². The van der Waals surface area contributed by atoms with Crippen LogP contribution in [0.4, 0.5) is 0 Å². The minimum atomic E-state index is -0.683. The van der Waals surface area contributed by atoms with E-state index in [4.69, 9.17) is 0 Å². The van der Waals surface area contributed by atoms with Gasteiger partial charge in [-0.15, -0.1) is 24.0 Å². The molecular weight excluding hydrogens is 717 g/mol. The van der Waals surface area contributed by atoms with Crippen LogP contribution in [0.5, 0.6) is 0 Å². The van der Waals surface area contributed by atoms with Gasteiger partial charge in [-0.25, -0.2) is 0 Å². The van der Waals surface area contributed by atoms with E-state index in [1.807, 2.05) is 0 Å². The molecule has 0 aromatic rings. The van der Waals surface area contributed by atoms with Crippen molar-refractivity contribution in [2.45, 2.75) is 0 Å². The molecule has 5 heteroatoms. The first-order valence-corrected chi connectivity index (χ1v) is 29.8. The normalized spacial score (nSPS) is 7.20. The molecule has 5 heavy (non-hydrogen) atoms. The van der Waals surface area contributed by atoms with Crippen molar-refractivity contribution in [2.75, 3.05) is 0 Å². The molecule has 0 atom stereocenters. The minimum absolute atomic E-state index is 0. The van der Waals surface area contributed by atoms with Crippen LogP contribution in [0.25, 0.3) is 0 Å². The fourth-order valence-corrected chi connectivity index (χ4v) is 0. The van der Waals surface area contributed by atoms with Gasteiger partial charge in [-0.1, -0.05) is 0 Å². The molecule has 34 valence electrons. The van der Waals surface area contributed by atoms with E-state index in [9.17, 15) is 0 Å². The Balaban J connectivity index is 0. The maximum absolute atomic E-state index is 2.52. The predicted molar refractivity (Wildman–Crippen MR) is 63.2 cm³/mol. The molecule has 0 radical (unpaired) electrons. The molecule has 0 fully saturated rings. The van der Waals surface area contributed by atoms with E-state index in [0.717, 1.165) is 0 Å². The molecule has 0 unspecified atom stereocenters. The molecule has 0 N–H and O–H groups in total. The molecule has 0 saturated heterocycles. The van der Waals surface area contributed by atoms with Gasteiger partial charge in [-0.2, -0.15) is 0 Å². The molecule has 0 nitrogen and oxygen atoms in total. The second-order valence-electron chi connectivity index (χ2n) is 0.192. The van der Waals surface area contributed by atoms with Crippen molar-refractivity contribution in [1.82, 2.24) is 0 Å². The first kappa shape index (κ1) is 11.6. The third-order valence-corrected chi connectivity index (χ3v) is 0. The van der Waals surface area contributed by atoms with Gasteiger partial charge in [-0.05, 0) is 0 Å². The Morgan fingerprint density at radius 1 is 1.00 bits per heavy atom. The van der Waals surface area contributed by atoms with Crippen LogP contribution in [0.1, 0.15) is 0 Å². The third kappa shape index (κ3) is 18.2. The summed E-state index contributed by atoms with van der Waals surface area (Å²) in [6, 6.07) is 0. The van der Waals surface area contributed by atoms with Crippen LogP contribution in [-0.2, 0) is 0 Å². The van der Waals surface area contributed by atoms with Gasteiger partial charge < -0.3 is 0 Å². The van der Waals surface area contributed by atoms with Crippen LogP contribution in [-0.4, -0.2) is 9.18 Å². The summed E-state index contributed by atoms with van der Waals surface area (Å²) in [6.45, 7) is 0. The molecule has 0 amide bonds. The quantitative estimate of drug-likeness (QED) is 0.268. The van der Waals surface area contributed by atoms with E-state index >= 15 is 0 Å². The average Bonchev–Trinajstić information content (AvgIpc) is 0.811. The van der Waals surface area contributed by atoms with E-state index in [1.165, 1.54) is 0 Å². The van der Waals surface area contributed by atoms with Crippen molar-refractivity contribution >= 4 is 87.3 Å². The summed E-state index contributed by atoms with van der Waals surface area (Å²) in [4.78, 5) is 0. The van der Waals surface area contributed by atoms with Crippen molar-refractivity contribution in [3.63, 3.8) is 0 Å². The molecule has 0 aliphatic heterocycles. The fraction of sp³-hybridized carbons (Fsp3) is 0. The van der Waals surface area contributed by atoms with E-state index in [2.05, 4.69) is 54.1 Å². The molecular formula is HBiI4. The molecule has 0 spiro atoms. The number of halogens is 4. The fourth-order valence-electron chi connectivity index (χ4n) is 0. The van der Waals surface area contributed by atoms with Gasteiger partial charge >= 0.3 is 63.3 Å². The van der Waals surface area contributed by atoms with Gasteiger partial charge in [0.15, 0.2) is 0 Å². The molecule has 0 aliphatic carbocycles. The van der Waals surface area contributed by atoms with E-state index in [0.29, 0.717) is 0 Å². The van der Waals surface area contributed by atoms with Crippen molar-refractivity contribution in [3.05, 3.63) is 0 Å². The first-order chi connectivity index (χ1) is 1.73. The molecule has 0 aromatic carbocycles. The Kier molecular flexibility index (Phi) is 18.1. The number of rotatable bonds is 0. The summed E-state index contributed by atoms with van der Waals surface area (Å²) in [7, 11) is -0.683. The zero-order valence-corrected chi connectivity index (χ0v) is 14.3. The van der Waals surface area contributed by atoms with Crippen LogP contribution in [0.15, 0.2) is 0 Å². The summed E-state index contributed by atoms with van der Waals surface area (Å²) in [6.07, 6.45) is 0. The second kappa shape index (κ2) is 7.80. The summed E-state index contributed by atoms with van der Waals surface area (Å²) >= 11 is 7.56. The molecule has 0 saturated carbocycles. The number of hydrogen-bond donors (Lipinski definition) is 0. The van der Waals surface area contributed by atoms with Gasteiger partial charge in [0.2, 0.25) is 0 Å². The van der Waals surface area contributed by atoms with Gasteiger partial charge in [0.05, 0.1) is 0 Å². The van der Waals surface area contributed by atoms with Crippen molar-refractivity contribution < 1.29 is 0 Å². The van der Waals surface area contributed by atoms with Gasteiger partial charge in [-0.3, -0.25) is 0 Å². The Morgan fingerprint density at radius 2 is 1.00 bits per heavy atom. The van der Waals surface area contributed by atoms with Crippen molar-refractivity contribution in [2.24, 2.45) is 0 Å². The first-order valence-electron chi connectivity index (χ1n) is 0.507. The Morgan fingerprint density at radius 3 is 1.00 bits per heavy atom. The molecule has 0 aliphatic rings. The van der Waals surface area contributed by atoms with Gasteiger partial charge in [0, 0.05) is 0 Å². The number of hydrogen-bond acceptors (Lipinski definition) is 0. The molecule has 0 aromatic heterocycles. The van der Waals surface area contributed by atoms with Crippen LogP contribution < -0.4 is 0 Å². The van der Waals surface area contributed by atoms with E-state index in [1.54, 1.807) is 0 Å². The van der Waals surface area contributed by atoms with Crippen LogP contribution >= 0.6 is 78.1 Å². The maximum atomic E-state index is 2.52. The molecule has 0 bridgehead atoms. The third-order valence-electron chi connectivity index (χ3n) is 0. The SMILES string of the molecule is I.[I][Bi]([I])[I]. The summed E-state index contributed by atoms with van der Waals surface area (Å²) < 4.78 is 0. The summed E-state index contributed by atoms with van der Waals surface area (Å²) in [5.74, 6) is 0. The summed E-state index contributed by atoms with van der Waals surface area (Å²) in [5, 5.41) is 0. The van der Waals surface area contributed by atoms with Gasteiger partial charge in [0.25, 0.3) is 0 Å². The zero-order chi connectivity index (χ0) is 3.58. The van der Waals surface area contributed by atoms with Crippen LogP contribution in [0.2, 0.25) is 0 Å². The van der Waals surface area contributed by atoms with E-state index < -0.39 is 9.18 Å². The standard InChI is InChI=1S/Bi.4HI/h;4*1H/q+3;;;;/p-3. The average molecular weight is 718 g/mol. The monoisotopic (exact) mass is 718 g/mol. The molecule has 0 rings (SSSR count). The zero-order valence-electron chi connectivity index (χ0n) is 1.99. The Hall–Kier alpha value is 3.80. The van der Waals surface area contributed by atoms with Crippen molar-refractivity contribution in [3.8, 4) is 0 Å². The predicted octanol–water partition coefficient (Wildman–Crippen LogP) is 2.89. The second-order valence-corrected chi connectivity index (χ2v) is 75.7. The summed E-state index contributed by atoms with van der Waals surface area (Å²) in [5.41, 5.74) is 0. The van der Waals surface area contributed by atoms with Crippen LogP contribution in [0.3, 0.4) is 0 Å².